The van der Waals surface area contributed by atoms with Crippen LogP contribution in [0, 0.1) is 6.92 Å². The van der Waals surface area contributed by atoms with E-state index < -0.39 is 10.0 Å². The van der Waals surface area contributed by atoms with Crippen molar-refractivity contribution in [3.05, 3.63) is 65.7 Å². The van der Waals surface area contributed by atoms with Gasteiger partial charge in [0.1, 0.15) is 5.84 Å². The second-order valence-electron chi connectivity index (χ2n) is 5.55. The van der Waals surface area contributed by atoms with Crippen LogP contribution in [0.2, 0.25) is 0 Å². The van der Waals surface area contributed by atoms with Crippen molar-refractivity contribution in [2.75, 3.05) is 13.1 Å². The summed E-state index contributed by atoms with van der Waals surface area (Å²) in [6.45, 7) is 2.82. The van der Waals surface area contributed by atoms with Crippen LogP contribution in [-0.2, 0) is 10.0 Å². The molecule has 3 rings (SSSR count). The molecule has 2 aromatic carbocycles. The van der Waals surface area contributed by atoms with E-state index >= 15 is 0 Å². The quantitative estimate of drug-likeness (QED) is 0.905. The lowest BCUT2D eigenvalue weighted by Crippen LogP contribution is -2.43. The molecule has 0 unspecified atom stereocenters. The standard InChI is InChI=1S/C17H19N3O2S/c1-13-7-9-15(10-8-13)23(21,22)20-17-12-18-16(11-19-17)14-5-3-2-4-6-14/h2-10,16,18H,11-12H2,1H3,(H,19,20)/t16-/m1/s1. The summed E-state index contributed by atoms with van der Waals surface area (Å²) in [6.07, 6.45) is 0. The highest BCUT2D eigenvalue weighted by Crippen LogP contribution is 2.15. The highest BCUT2D eigenvalue weighted by Gasteiger charge is 2.21. The van der Waals surface area contributed by atoms with Gasteiger partial charge in [-0.1, -0.05) is 48.0 Å². The van der Waals surface area contributed by atoms with Gasteiger partial charge < -0.3 is 5.32 Å². The molecule has 23 heavy (non-hydrogen) atoms. The molecule has 5 nitrogen and oxygen atoms in total. The monoisotopic (exact) mass is 329 g/mol. The van der Waals surface area contributed by atoms with Crippen LogP contribution in [0.5, 0.6) is 0 Å². The maximum atomic E-state index is 12.3. The SMILES string of the molecule is Cc1ccc(S(=O)(=O)NC2=NC[C@H](c3ccccc3)NC2)cc1. The van der Waals surface area contributed by atoms with Crippen LogP contribution in [0.4, 0.5) is 0 Å². The highest BCUT2D eigenvalue weighted by molar-refractivity contribution is 7.90. The van der Waals surface area contributed by atoms with E-state index in [0.717, 1.165) is 11.1 Å². The third-order valence-corrected chi connectivity index (χ3v) is 5.16. The minimum absolute atomic E-state index is 0.115. The molecule has 120 valence electrons. The molecule has 0 aliphatic carbocycles. The Bertz CT molecular complexity index is 799. The normalized spacial score (nSPS) is 18.3. The van der Waals surface area contributed by atoms with Crippen molar-refractivity contribution in [3.63, 3.8) is 0 Å². The molecule has 0 fully saturated rings. The van der Waals surface area contributed by atoms with E-state index in [1.165, 1.54) is 0 Å². The Balaban J connectivity index is 1.69. The zero-order chi connectivity index (χ0) is 16.3. The predicted octanol–water partition coefficient (Wildman–Crippen LogP) is 2.02. The fourth-order valence-electron chi connectivity index (χ4n) is 2.45. The van der Waals surface area contributed by atoms with Crippen molar-refractivity contribution in [2.24, 2.45) is 4.99 Å². The van der Waals surface area contributed by atoms with Gasteiger partial charge >= 0.3 is 0 Å². The predicted molar refractivity (Wildman–Crippen MR) is 91.0 cm³/mol. The summed E-state index contributed by atoms with van der Waals surface area (Å²) in [5.74, 6) is 0.442. The largest absolute Gasteiger partial charge is 0.301 e. The average molecular weight is 329 g/mol. The van der Waals surface area contributed by atoms with E-state index in [1.807, 2.05) is 37.3 Å². The minimum atomic E-state index is -3.58. The van der Waals surface area contributed by atoms with E-state index in [-0.39, 0.29) is 10.9 Å². The van der Waals surface area contributed by atoms with E-state index in [9.17, 15) is 8.42 Å². The van der Waals surface area contributed by atoms with Crippen LogP contribution in [0.1, 0.15) is 17.2 Å². The second-order valence-corrected chi connectivity index (χ2v) is 7.23. The Kier molecular flexibility index (Phi) is 4.45. The summed E-state index contributed by atoms with van der Waals surface area (Å²) in [4.78, 5) is 4.63. The van der Waals surface area contributed by atoms with Crippen LogP contribution in [0.25, 0.3) is 0 Å². The lowest BCUT2D eigenvalue weighted by Gasteiger charge is -2.23. The van der Waals surface area contributed by atoms with Crippen molar-refractivity contribution in [3.8, 4) is 0 Å². The van der Waals surface area contributed by atoms with E-state index in [0.29, 0.717) is 18.9 Å². The molecular weight excluding hydrogens is 310 g/mol. The number of hydrogen-bond acceptors (Lipinski definition) is 4. The number of nitrogens with one attached hydrogen (secondary N) is 2. The van der Waals surface area contributed by atoms with E-state index in [2.05, 4.69) is 15.0 Å². The first-order valence-electron chi connectivity index (χ1n) is 7.46. The van der Waals surface area contributed by atoms with Gasteiger partial charge in [0.15, 0.2) is 0 Å². The van der Waals surface area contributed by atoms with Crippen molar-refractivity contribution < 1.29 is 8.42 Å². The molecule has 6 heteroatoms. The van der Waals surface area contributed by atoms with Gasteiger partial charge in [-0.15, -0.1) is 0 Å². The molecule has 0 radical (unpaired) electrons. The molecule has 0 amide bonds. The second kappa shape index (κ2) is 6.52. The fraction of sp³-hybridized carbons (Fsp3) is 0.235. The number of aliphatic imine (C=N–C) groups is 1. The molecule has 0 saturated heterocycles. The van der Waals surface area contributed by atoms with Gasteiger partial charge in [0, 0.05) is 0 Å². The first kappa shape index (κ1) is 15.7. The summed E-state index contributed by atoms with van der Waals surface area (Å²) in [5, 5.41) is 3.31. The number of sulfonamides is 1. The zero-order valence-corrected chi connectivity index (χ0v) is 13.7. The Labute approximate surface area is 136 Å². The van der Waals surface area contributed by atoms with Crippen molar-refractivity contribution in [1.82, 2.24) is 10.0 Å². The van der Waals surface area contributed by atoms with Crippen LogP contribution >= 0.6 is 0 Å². The number of amidine groups is 1. The average Bonchev–Trinajstić information content (AvgIpc) is 2.56. The summed E-state index contributed by atoms with van der Waals surface area (Å²) < 4.78 is 27.2. The smallest absolute Gasteiger partial charge is 0.262 e. The first-order chi connectivity index (χ1) is 11.0. The van der Waals surface area contributed by atoms with Gasteiger partial charge in [0.25, 0.3) is 10.0 Å². The Morgan fingerprint density at radius 3 is 2.39 bits per heavy atom. The Morgan fingerprint density at radius 1 is 1.09 bits per heavy atom. The molecule has 1 heterocycles. The molecular formula is C17H19N3O2S. The number of rotatable bonds is 3. The molecule has 0 bridgehead atoms. The van der Waals surface area contributed by atoms with Gasteiger partial charge in [-0.05, 0) is 24.6 Å². The molecule has 2 N–H and O–H groups in total. The van der Waals surface area contributed by atoms with Gasteiger partial charge in [-0.3, -0.25) is 9.71 Å². The number of hydrogen-bond donors (Lipinski definition) is 2. The third kappa shape index (κ3) is 3.78. The molecule has 0 saturated carbocycles. The summed E-state index contributed by atoms with van der Waals surface area (Å²) in [7, 11) is -3.58. The minimum Gasteiger partial charge on any atom is -0.301 e. The molecule has 0 spiro atoms. The van der Waals surface area contributed by atoms with Crippen molar-refractivity contribution in [1.29, 1.82) is 0 Å². The number of aryl methyl sites for hydroxylation is 1. The van der Waals surface area contributed by atoms with E-state index in [4.69, 9.17) is 0 Å². The Hall–Kier alpha value is -2.18. The first-order valence-corrected chi connectivity index (χ1v) is 8.94. The fourth-order valence-corrected chi connectivity index (χ4v) is 3.51. The number of nitrogens with zero attached hydrogens (tertiary/aromatic N) is 1. The molecule has 2 aromatic rings. The zero-order valence-electron chi connectivity index (χ0n) is 12.9. The molecule has 0 aromatic heterocycles. The van der Waals surface area contributed by atoms with Gasteiger partial charge in [0.05, 0.1) is 24.0 Å². The van der Waals surface area contributed by atoms with Crippen molar-refractivity contribution in [2.45, 2.75) is 17.9 Å². The van der Waals surface area contributed by atoms with Gasteiger partial charge in [-0.25, -0.2) is 8.42 Å². The summed E-state index contributed by atoms with van der Waals surface area (Å²) >= 11 is 0. The van der Waals surface area contributed by atoms with Crippen LogP contribution in [0.15, 0.2) is 64.5 Å². The van der Waals surface area contributed by atoms with E-state index in [1.54, 1.807) is 24.3 Å². The van der Waals surface area contributed by atoms with Gasteiger partial charge in [0.2, 0.25) is 0 Å². The number of benzene rings is 2. The van der Waals surface area contributed by atoms with Gasteiger partial charge in [-0.2, -0.15) is 0 Å². The topological polar surface area (TPSA) is 70.6 Å². The lowest BCUT2D eigenvalue weighted by atomic mass is 10.1. The maximum Gasteiger partial charge on any atom is 0.262 e. The lowest BCUT2D eigenvalue weighted by molar-refractivity contribution is 0.556. The highest BCUT2D eigenvalue weighted by atomic mass is 32.2. The maximum absolute atomic E-state index is 12.3. The van der Waals surface area contributed by atoms with Crippen LogP contribution < -0.4 is 10.0 Å². The molecule has 1 atom stereocenters. The third-order valence-electron chi connectivity index (χ3n) is 3.77. The van der Waals surface area contributed by atoms with Crippen LogP contribution in [0.3, 0.4) is 0 Å². The Morgan fingerprint density at radius 2 is 1.78 bits per heavy atom. The summed E-state index contributed by atoms with van der Waals surface area (Å²) in [5.41, 5.74) is 2.17. The van der Waals surface area contributed by atoms with Crippen LogP contribution in [-0.4, -0.2) is 27.3 Å². The summed E-state index contributed by atoms with van der Waals surface area (Å²) in [6, 6.07) is 16.9. The molecule has 1 aliphatic heterocycles. The van der Waals surface area contributed by atoms with Crippen molar-refractivity contribution >= 4 is 15.9 Å². The molecule has 1 aliphatic rings.